The molecule has 1 aromatic rings. The van der Waals surface area contributed by atoms with Gasteiger partial charge >= 0.3 is 5.97 Å². The fraction of sp³-hybridized carbons (Fsp3) is 0.553. The van der Waals surface area contributed by atoms with Gasteiger partial charge in [0.05, 0.1) is 5.60 Å². The maximum Gasteiger partial charge on any atom is 0.330 e. The number of aromatic hydroxyl groups is 1. The van der Waals surface area contributed by atoms with Crippen molar-refractivity contribution in [1.82, 2.24) is 0 Å². The number of carbonyl (C=O) groups excluding carboxylic acids is 2. The zero-order valence-electron chi connectivity index (χ0n) is 28.1. The molecule has 6 atom stereocenters. The van der Waals surface area contributed by atoms with Crippen LogP contribution in [0.5, 0.6) is 17.2 Å². The summed E-state index contributed by atoms with van der Waals surface area (Å²) in [6.45, 7) is 15.6. The maximum absolute atomic E-state index is 15.0. The summed E-state index contributed by atoms with van der Waals surface area (Å²) in [7, 11) is 0. The van der Waals surface area contributed by atoms with Crippen LogP contribution in [0.15, 0.2) is 46.1 Å². The number of carboxylic acid groups (broad SMARTS) is 1. The zero-order valence-corrected chi connectivity index (χ0v) is 28.1. The third-order valence-electron chi connectivity index (χ3n) is 11.7. The minimum Gasteiger partial charge on any atom is -0.507 e. The molecule has 2 saturated carbocycles. The quantitative estimate of drug-likeness (QED) is 0.262. The van der Waals surface area contributed by atoms with Gasteiger partial charge in [-0.15, -0.1) is 0 Å². The van der Waals surface area contributed by atoms with E-state index in [-0.39, 0.29) is 52.5 Å². The summed E-state index contributed by atoms with van der Waals surface area (Å²) in [5.74, 6) is -2.04. The maximum atomic E-state index is 15.0. The van der Waals surface area contributed by atoms with E-state index in [1.54, 1.807) is 6.08 Å². The number of hydrogen-bond acceptors (Lipinski definition) is 7. The Bertz CT molecular complexity index is 1760. The van der Waals surface area contributed by atoms with Gasteiger partial charge in [0.25, 0.3) is 0 Å². The first-order valence-electron chi connectivity index (χ1n) is 16.5. The molecule has 0 radical (unpaired) electrons. The number of Topliss-reactive ketones (excluding diaryl/α,β-unsaturated/α-hetero) is 2. The number of fused-ring (bicyclic) bond motifs is 5. The molecule has 8 nitrogen and oxygen atoms in total. The van der Waals surface area contributed by atoms with Crippen LogP contribution in [0, 0.1) is 11.8 Å². The summed E-state index contributed by atoms with van der Waals surface area (Å²) in [4.78, 5) is 41.1. The Morgan fingerprint density at radius 1 is 1.04 bits per heavy atom. The second-order valence-electron chi connectivity index (χ2n) is 15.5. The average Bonchev–Trinajstić information content (AvgIpc) is 3.11. The van der Waals surface area contributed by atoms with Gasteiger partial charge in [-0.3, -0.25) is 9.59 Å². The van der Waals surface area contributed by atoms with Gasteiger partial charge in [0.15, 0.2) is 22.8 Å². The molecule has 1 spiro atoms. The van der Waals surface area contributed by atoms with Crippen molar-refractivity contribution < 1.29 is 38.8 Å². The molecule has 1 aromatic carbocycles. The molecule has 6 bridgehead atoms. The van der Waals surface area contributed by atoms with Crippen LogP contribution in [0.4, 0.5) is 0 Å². The number of allylic oxidation sites excluding steroid dienone is 5. The molecule has 2 N–H and O–H groups in total. The van der Waals surface area contributed by atoms with Gasteiger partial charge in [0, 0.05) is 46.4 Å². The van der Waals surface area contributed by atoms with Crippen LogP contribution in [0.3, 0.4) is 0 Å². The van der Waals surface area contributed by atoms with Crippen LogP contribution < -0.4 is 9.47 Å². The number of ketones is 2. The van der Waals surface area contributed by atoms with E-state index in [1.165, 1.54) is 24.1 Å². The highest BCUT2D eigenvalue weighted by Crippen LogP contribution is 2.69. The molecular formula is C38H44O8. The van der Waals surface area contributed by atoms with Gasteiger partial charge < -0.3 is 24.4 Å². The molecule has 1 saturated heterocycles. The van der Waals surface area contributed by atoms with E-state index in [0.29, 0.717) is 41.7 Å². The monoisotopic (exact) mass is 628 g/mol. The van der Waals surface area contributed by atoms with E-state index < -0.39 is 34.3 Å². The predicted octanol–water partition coefficient (Wildman–Crippen LogP) is 7.08. The normalized spacial score (nSPS) is 34.5. The lowest BCUT2D eigenvalue weighted by atomic mass is 9.51. The van der Waals surface area contributed by atoms with Crippen LogP contribution >= 0.6 is 0 Å². The molecule has 3 fully saturated rings. The highest BCUT2D eigenvalue weighted by atomic mass is 16.6. The minimum absolute atomic E-state index is 0.0544. The molecule has 3 aliphatic heterocycles. The Kier molecular flexibility index (Phi) is 6.53. The Balaban J connectivity index is 1.53. The number of carboxylic acids is 1. The van der Waals surface area contributed by atoms with Gasteiger partial charge in [-0.2, -0.15) is 0 Å². The molecule has 3 heterocycles. The van der Waals surface area contributed by atoms with Gasteiger partial charge in [-0.25, -0.2) is 4.79 Å². The Hall–Kier alpha value is -3.65. The zero-order chi connectivity index (χ0) is 33.3. The summed E-state index contributed by atoms with van der Waals surface area (Å²) >= 11 is 0. The Morgan fingerprint density at radius 3 is 2.41 bits per heavy atom. The Labute approximate surface area is 270 Å². The van der Waals surface area contributed by atoms with Crippen LogP contribution in [-0.2, 0) is 20.7 Å². The third kappa shape index (κ3) is 3.85. The smallest absolute Gasteiger partial charge is 0.330 e. The molecule has 0 amide bonds. The van der Waals surface area contributed by atoms with Crippen molar-refractivity contribution in [3.63, 3.8) is 0 Å². The largest absolute Gasteiger partial charge is 0.507 e. The van der Waals surface area contributed by atoms with Crippen molar-refractivity contribution in [3.05, 3.63) is 62.8 Å². The number of ether oxygens (including phenoxy) is 3. The van der Waals surface area contributed by atoms with Crippen LogP contribution in [0.1, 0.15) is 115 Å². The molecule has 0 unspecified atom stereocenters. The summed E-state index contributed by atoms with van der Waals surface area (Å²) < 4.78 is 20.8. The molecule has 244 valence electrons. The van der Waals surface area contributed by atoms with E-state index >= 15 is 0 Å². The number of aliphatic carboxylic acids is 1. The van der Waals surface area contributed by atoms with Crippen molar-refractivity contribution in [2.45, 2.75) is 122 Å². The second-order valence-corrected chi connectivity index (χ2v) is 15.5. The van der Waals surface area contributed by atoms with Crippen molar-refractivity contribution in [3.8, 4) is 17.2 Å². The van der Waals surface area contributed by atoms with Crippen molar-refractivity contribution in [2.75, 3.05) is 0 Å². The molecule has 0 aromatic heterocycles. The molecular weight excluding hydrogens is 584 g/mol. The van der Waals surface area contributed by atoms with Gasteiger partial charge in [-0.1, -0.05) is 34.9 Å². The van der Waals surface area contributed by atoms with Crippen LogP contribution in [-0.4, -0.2) is 50.2 Å². The number of phenolic OH excluding ortho intramolecular Hbond substituents is 1. The van der Waals surface area contributed by atoms with Gasteiger partial charge in [0.2, 0.25) is 0 Å². The van der Waals surface area contributed by atoms with Gasteiger partial charge in [-0.05, 0) is 87.5 Å². The van der Waals surface area contributed by atoms with Crippen molar-refractivity contribution in [2.24, 2.45) is 11.8 Å². The number of benzene rings is 1. The van der Waals surface area contributed by atoms with E-state index in [1.807, 2.05) is 27.7 Å². The third-order valence-corrected chi connectivity index (χ3v) is 11.7. The second kappa shape index (κ2) is 9.69. The topological polar surface area (TPSA) is 119 Å². The standard InChI is InChI=1S/C38H44O8/c1-18(2)9-10-23-31-27(24-17-36(8,44-31)13-12-22(24)19(3)4)30(40)28-29(39)25-15-21-16-26-35(6,7)46-37(33(21)41,14-11-20(5)34(42)43)38(25,26)45-32(23)28/h9,11,15,21,24,26,40H,10,12-14,16-17H2,1-8H3,(H,42,43)/b20-11-/t21-,24+,26+,36-,37+,38-/m1/s1. The summed E-state index contributed by atoms with van der Waals surface area (Å²) in [5, 5.41) is 21.9. The lowest BCUT2D eigenvalue weighted by Crippen LogP contribution is -2.72. The highest BCUT2D eigenvalue weighted by Gasteiger charge is 2.81. The van der Waals surface area contributed by atoms with Gasteiger partial charge in [0.1, 0.15) is 28.4 Å². The lowest BCUT2D eigenvalue weighted by Gasteiger charge is -2.56. The molecule has 8 rings (SSSR count). The SMILES string of the molecule is CC(C)=CCc1c2c(c(O)c3c1O[C@]1(C)CCC(=C(C)C)[C@@H]3C1)C(=O)C1=C[C@@H]3C[C@H]4C(C)(C)O[C@@](C/C=C(/C)C(=O)O)(C3=O)[C@@]14O2. The summed E-state index contributed by atoms with van der Waals surface area (Å²) in [5.41, 5.74) is 0.961. The first-order chi connectivity index (χ1) is 21.5. The highest BCUT2D eigenvalue weighted by molar-refractivity contribution is 6.18. The number of rotatable bonds is 5. The summed E-state index contributed by atoms with van der Waals surface area (Å²) in [6.07, 6.45) is 8.48. The molecule has 7 aliphatic rings. The number of hydrogen-bond donors (Lipinski definition) is 2. The van der Waals surface area contributed by atoms with Crippen molar-refractivity contribution in [1.29, 1.82) is 0 Å². The first kappa shape index (κ1) is 31.0. The minimum atomic E-state index is -1.61. The average molecular weight is 629 g/mol. The van der Waals surface area contributed by atoms with E-state index in [9.17, 15) is 24.6 Å². The van der Waals surface area contributed by atoms with E-state index in [2.05, 4.69) is 26.8 Å². The number of carbonyl (C=O) groups is 3. The van der Waals surface area contributed by atoms with E-state index in [4.69, 9.17) is 14.2 Å². The predicted molar refractivity (Wildman–Crippen MR) is 172 cm³/mol. The Morgan fingerprint density at radius 2 is 1.76 bits per heavy atom. The molecule has 8 heteroatoms. The number of phenols is 1. The fourth-order valence-corrected chi connectivity index (χ4v) is 9.48. The van der Waals surface area contributed by atoms with Crippen molar-refractivity contribution >= 4 is 17.5 Å². The molecule has 46 heavy (non-hydrogen) atoms. The lowest BCUT2D eigenvalue weighted by molar-refractivity contribution is -0.171. The van der Waals surface area contributed by atoms with Crippen LogP contribution in [0.25, 0.3) is 0 Å². The molecule has 4 aliphatic carbocycles. The van der Waals surface area contributed by atoms with Crippen LogP contribution in [0.2, 0.25) is 0 Å². The fourth-order valence-electron chi connectivity index (χ4n) is 9.48. The summed E-state index contributed by atoms with van der Waals surface area (Å²) in [6, 6.07) is 0. The first-order valence-corrected chi connectivity index (χ1v) is 16.5. The van der Waals surface area contributed by atoms with E-state index in [0.717, 1.165) is 18.4 Å².